The van der Waals surface area contributed by atoms with E-state index in [2.05, 4.69) is 11.8 Å². The van der Waals surface area contributed by atoms with Crippen molar-refractivity contribution in [1.29, 1.82) is 0 Å². The summed E-state index contributed by atoms with van der Waals surface area (Å²) >= 11 is 1.24. The number of hydrogen-bond donors (Lipinski definition) is 0. The van der Waals surface area contributed by atoms with Crippen molar-refractivity contribution in [3.05, 3.63) is 0 Å². The molecule has 220 valence electrons. The molecule has 38 heavy (non-hydrogen) atoms. The molecule has 0 saturated carbocycles. The van der Waals surface area contributed by atoms with E-state index in [1.165, 1.54) is 11.8 Å². The van der Waals surface area contributed by atoms with Crippen molar-refractivity contribution in [2.24, 2.45) is 5.92 Å². The van der Waals surface area contributed by atoms with E-state index in [1.807, 2.05) is 14.1 Å². The standard InChI is InChI=1S/C27H48N2O8S/c1-5-6-7-8-13-23(2)26(33)36-21-24(20-35-22-31)37-25(32)14-11-17-29(16-9-10-18-30)27(34)38-19-12-15-28(3)4/h18,22-24H,5-17,19-21H2,1-4H3. The third-order valence-electron chi connectivity index (χ3n) is 5.75. The normalized spacial score (nSPS) is 12.4. The second kappa shape index (κ2) is 23.9. The van der Waals surface area contributed by atoms with Gasteiger partial charge in [0.25, 0.3) is 11.7 Å². The molecule has 0 aliphatic carbocycles. The summed E-state index contributed by atoms with van der Waals surface area (Å²) < 4.78 is 15.4. The Balaban J connectivity index is 4.64. The third kappa shape index (κ3) is 19.9. The first-order valence-corrected chi connectivity index (χ1v) is 14.6. The van der Waals surface area contributed by atoms with Crippen molar-refractivity contribution >= 4 is 41.7 Å². The van der Waals surface area contributed by atoms with Gasteiger partial charge in [0, 0.05) is 31.7 Å². The van der Waals surface area contributed by atoms with Crippen molar-refractivity contribution in [2.75, 3.05) is 52.7 Å². The van der Waals surface area contributed by atoms with Crippen LogP contribution in [-0.2, 0) is 33.4 Å². The Morgan fingerprint density at radius 1 is 0.921 bits per heavy atom. The van der Waals surface area contributed by atoms with Gasteiger partial charge in [-0.25, -0.2) is 0 Å². The molecule has 2 atom stereocenters. The molecule has 0 aliphatic rings. The van der Waals surface area contributed by atoms with Crippen LogP contribution in [-0.4, -0.2) is 98.5 Å². The molecular weight excluding hydrogens is 512 g/mol. The minimum Gasteiger partial charge on any atom is -0.464 e. The smallest absolute Gasteiger partial charge is 0.308 e. The fourth-order valence-electron chi connectivity index (χ4n) is 3.53. The fraction of sp³-hybridized carbons (Fsp3) is 0.815. The van der Waals surface area contributed by atoms with Crippen LogP contribution >= 0.6 is 11.8 Å². The highest BCUT2D eigenvalue weighted by Gasteiger charge is 2.21. The molecule has 0 radical (unpaired) electrons. The number of rotatable bonds is 24. The molecule has 0 saturated heterocycles. The quantitative estimate of drug-likeness (QED) is 0.0739. The number of carbonyl (C=O) groups excluding carboxylic acids is 5. The van der Waals surface area contributed by atoms with E-state index in [9.17, 15) is 24.0 Å². The van der Waals surface area contributed by atoms with Crippen LogP contribution in [0.4, 0.5) is 4.79 Å². The lowest BCUT2D eigenvalue weighted by Crippen LogP contribution is -2.32. The lowest BCUT2D eigenvalue weighted by atomic mass is 10.0. The Hall–Kier alpha value is -2.14. The molecule has 0 rings (SSSR count). The van der Waals surface area contributed by atoms with Crippen LogP contribution in [0, 0.1) is 5.92 Å². The summed E-state index contributed by atoms with van der Waals surface area (Å²) in [4.78, 5) is 62.3. The first kappa shape index (κ1) is 35.9. The maximum atomic E-state index is 12.6. The highest BCUT2D eigenvalue weighted by atomic mass is 32.2. The maximum absolute atomic E-state index is 12.6. The minimum absolute atomic E-state index is 0.0438. The van der Waals surface area contributed by atoms with Crippen LogP contribution in [0.15, 0.2) is 0 Å². The largest absolute Gasteiger partial charge is 0.464 e. The van der Waals surface area contributed by atoms with E-state index in [4.69, 9.17) is 14.2 Å². The molecule has 0 aromatic heterocycles. The predicted molar refractivity (Wildman–Crippen MR) is 148 cm³/mol. The van der Waals surface area contributed by atoms with Crippen LogP contribution in [0.5, 0.6) is 0 Å². The Morgan fingerprint density at radius 3 is 2.32 bits per heavy atom. The molecule has 0 aromatic carbocycles. The molecule has 0 heterocycles. The average Bonchev–Trinajstić information content (AvgIpc) is 2.89. The molecule has 2 unspecified atom stereocenters. The zero-order valence-electron chi connectivity index (χ0n) is 23.7. The predicted octanol–water partition coefficient (Wildman–Crippen LogP) is 4.09. The Kier molecular flexibility index (Phi) is 22.6. The van der Waals surface area contributed by atoms with Crippen molar-refractivity contribution in [2.45, 2.75) is 84.2 Å². The third-order valence-corrected chi connectivity index (χ3v) is 6.74. The number of amides is 1. The molecule has 0 aliphatic heterocycles. The topological polar surface area (TPSA) is 120 Å². The van der Waals surface area contributed by atoms with Gasteiger partial charge in [0.2, 0.25) is 0 Å². The van der Waals surface area contributed by atoms with Gasteiger partial charge in [-0.15, -0.1) is 0 Å². The number of unbranched alkanes of at least 4 members (excludes halogenated alkanes) is 4. The summed E-state index contributed by atoms with van der Waals surface area (Å²) in [5, 5.41) is -0.0731. The summed E-state index contributed by atoms with van der Waals surface area (Å²) in [5.41, 5.74) is 0. The van der Waals surface area contributed by atoms with Crippen molar-refractivity contribution in [3.8, 4) is 0 Å². The molecule has 0 spiro atoms. The summed E-state index contributed by atoms with van der Waals surface area (Å²) in [7, 11) is 3.96. The first-order valence-electron chi connectivity index (χ1n) is 13.7. The highest BCUT2D eigenvalue weighted by Crippen LogP contribution is 2.14. The second-order valence-corrected chi connectivity index (χ2v) is 10.6. The molecule has 0 bridgehead atoms. The average molecular weight is 561 g/mol. The van der Waals surface area contributed by atoms with E-state index in [-0.39, 0.29) is 43.2 Å². The van der Waals surface area contributed by atoms with Gasteiger partial charge in [-0.3, -0.25) is 19.2 Å². The number of ether oxygens (including phenoxy) is 3. The molecule has 0 fully saturated rings. The number of nitrogens with zero attached hydrogens (tertiary/aromatic N) is 2. The van der Waals surface area contributed by atoms with E-state index in [0.717, 1.165) is 51.4 Å². The van der Waals surface area contributed by atoms with Gasteiger partial charge in [0.15, 0.2) is 6.10 Å². The van der Waals surface area contributed by atoms with Gasteiger partial charge < -0.3 is 28.8 Å². The highest BCUT2D eigenvalue weighted by molar-refractivity contribution is 8.13. The van der Waals surface area contributed by atoms with Gasteiger partial charge in [0.1, 0.15) is 19.5 Å². The minimum atomic E-state index is -0.901. The number of thioether (sulfide) groups is 1. The second-order valence-electron chi connectivity index (χ2n) is 9.59. The van der Waals surface area contributed by atoms with Gasteiger partial charge in [-0.1, -0.05) is 51.3 Å². The van der Waals surface area contributed by atoms with Crippen molar-refractivity contribution in [3.63, 3.8) is 0 Å². The van der Waals surface area contributed by atoms with Crippen molar-refractivity contribution in [1.82, 2.24) is 9.80 Å². The van der Waals surface area contributed by atoms with E-state index in [0.29, 0.717) is 38.1 Å². The molecule has 10 nitrogen and oxygen atoms in total. The van der Waals surface area contributed by atoms with Crippen LogP contribution in [0.3, 0.4) is 0 Å². The first-order chi connectivity index (χ1) is 18.2. The molecule has 0 aromatic rings. The van der Waals surface area contributed by atoms with Crippen LogP contribution in [0.25, 0.3) is 0 Å². The number of hydrogen-bond acceptors (Lipinski definition) is 10. The zero-order chi connectivity index (χ0) is 28.6. The maximum Gasteiger partial charge on any atom is 0.308 e. The fourth-order valence-corrected chi connectivity index (χ4v) is 4.34. The summed E-state index contributed by atoms with van der Waals surface area (Å²) in [6.07, 6.45) is 7.13. The van der Waals surface area contributed by atoms with E-state index < -0.39 is 12.1 Å². The summed E-state index contributed by atoms with van der Waals surface area (Å²) in [6, 6.07) is 0. The SMILES string of the molecule is CCCCCCC(C)C(=O)OCC(COC=O)OC(=O)CCCN(CCCC=O)C(=O)SCCCN(C)C. The lowest BCUT2D eigenvalue weighted by Gasteiger charge is -2.22. The summed E-state index contributed by atoms with van der Waals surface area (Å²) in [6.45, 7) is 5.45. The molecule has 11 heteroatoms. The van der Waals surface area contributed by atoms with Gasteiger partial charge in [-0.2, -0.15) is 0 Å². The van der Waals surface area contributed by atoms with Crippen LogP contribution < -0.4 is 0 Å². The summed E-state index contributed by atoms with van der Waals surface area (Å²) in [5.74, 6) is -0.482. The van der Waals surface area contributed by atoms with Crippen LogP contribution in [0.1, 0.15) is 78.1 Å². The molecular formula is C27H48N2O8S. The number of carbonyl (C=O) groups is 5. The van der Waals surface area contributed by atoms with E-state index in [1.54, 1.807) is 11.8 Å². The van der Waals surface area contributed by atoms with Gasteiger partial charge in [0.05, 0.1) is 5.92 Å². The van der Waals surface area contributed by atoms with E-state index >= 15 is 0 Å². The lowest BCUT2D eigenvalue weighted by molar-refractivity contribution is -0.165. The Morgan fingerprint density at radius 2 is 1.66 bits per heavy atom. The van der Waals surface area contributed by atoms with Gasteiger partial charge in [-0.05, 0) is 46.3 Å². The van der Waals surface area contributed by atoms with Crippen molar-refractivity contribution < 1.29 is 38.2 Å². The Labute approximate surface area is 232 Å². The zero-order valence-corrected chi connectivity index (χ0v) is 24.5. The monoisotopic (exact) mass is 560 g/mol. The number of esters is 2. The van der Waals surface area contributed by atoms with Gasteiger partial charge >= 0.3 is 11.9 Å². The van der Waals surface area contributed by atoms with Crippen LogP contribution in [0.2, 0.25) is 0 Å². The number of aldehydes is 1. The molecule has 1 amide bonds. The molecule has 0 N–H and O–H groups in total. The Bertz CT molecular complexity index is 677.